The van der Waals surface area contributed by atoms with Gasteiger partial charge in [-0.2, -0.15) is 5.10 Å². The van der Waals surface area contributed by atoms with E-state index in [1.807, 2.05) is 49.7 Å². The van der Waals surface area contributed by atoms with Gasteiger partial charge in [0.1, 0.15) is 0 Å². The third-order valence-corrected chi connectivity index (χ3v) is 4.98. The number of aromatic nitrogens is 2. The van der Waals surface area contributed by atoms with Crippen LogP contribution in [0, 0.1) is 13.8 Å². The number of carbonyl (C=O) groups excluding carboxylic acids is 1. The fraction of sp³-hybridized carbons (Fsp3) is 0.412. The van der Waals surface area contributed by atoms with E-state index in [-0.39, 0.29) is 42.8 Å². The number of halogens is 2. The maximum absolute atomic E-state index is 12.2. The summed E-state index contributed by atoms with van der Waals surface area (Å²) in [4.78, 5) is 12.2. The van der Waals surface area contributed by atoms with Gasteiger partial charge in [-0.15, -0.1) is 36.6 Å². The molecule has 1 aromatic carbocycles. The Morgan fingerprint density at radius 2 is 2.00 bits per heavy atom. The molecule has 2 N–H and O–H groups in total. The standard InChI is InChI=1S/C17H22N4OS.2ClH/c1-11-8-12(2)21(20-11)15-6-4-14(5-7-15)13(3)19-17(22)16-9-23-10-18-16;;/h4-8,13,16,18H,9-10H2,1-3H3,(H,19,22);2*1H. The molecule has 8 heteroatoms. The highest BCUT2D eigenvalue weighted by Gasteiger charge is 2.23. The molecular formula is C17H24Cl2N4OS. The Hall–Kier alpha value is -1.21. The summed E-state index contributed by atoms with van der Waals surface area (Å²) < 4.78 is 1.93. The van der Waals surface area contributed by atoms with Crippen LogP contribution in [-0.2, 0) is 4.79 Å². The zero-order valence-electron chi connectivity index (χ0n) is 14.5. The van der Waals surface area contributed by atoms with Crippen molar-refractivity contribution >= 4 is 42.5 Å². The lowest BCUT2D eigenvalue weighted by atomic mass is 10.1. The maximum atomic E-state index is 12.2. The molecule has 1 amide bonds. The summed E-state index contributed by atoms with van der Waals surface area (Å²) >= 11 is 1.75. The summed E-state index contributed by atoms with van der Waals surface area (Å²) in [6, 6.07) is 10.2. The van der Waals surface area contributed by atoms with Gasteiger partial charge in [0.2, 0.25) is 5.91 Å². The Labute approximate surface area is 165 Å². The molecule has 3 rings (SSSR count). The lowest BCUT2D eigenvalue weighted by molar-refractivity contribution is -0.123. The Kier molecular flexibility index (Phi) is 8.28. The number of nitrogens with zero attached hydrogens (tertiary/aromatic N) is 2. The molecule has 25 heavy (non-hydrogen) atoms. The summed E-state index contributed by atoms with van der Waals surface area (Å²) in [6.07, 6.45) is 0. The first kappa shape index (κ1) is 21.8. The van der Waals surface area contributed by atoms with Gasteiger partial charge in [-0.05, 0) is 44.5 Å². The van der Waals surface area contributed by atoms with Crippen LogP contribution in [0.3, 0.4) is 0 Å². The van der Waals surface area contributed by atoms with Crippen LogP contribution in [0.4, 0.5) is 0 Å². The van der Waals surface area contributed by atoms with E-state index in [9.17, 15) is 4.79 Å². The number of benzene rings is 1. The van der Waals surface area contributed by atoms with Crippen LogP contribution in [0.25, 0.3) is 5.69 Å². The predicted molar refractivity (Wildman–Crippen MR) is 108 cm³/mol. The molecule has 2 atom stereocenters. The van der Waals surface area contributed by atoms with E-state index in [1.54, 1.807) is 11.8 Å². The molecule has 2 aromatic rings. The maximum Gasteiger partial charge on any atom is 0.238 e. The van der Waals surface area contributed by atoms with Crippen LogP contribution < -0.4 is 10.6 Å². The molecule has 1 aliphatic rings. The molecule has 0 spiro atoms. The summed E-state index contributed by atoms with van der Waals surface area (Å²) in [7, 11) is 0. The lowest BCUT2D eigenvalue weighted by Crippen LogP contribution is -2.42. The first-order valence-electron chi connectivity index (χ1n) is 7.79. The van der Waals surface area contributed by atoms with Gasteiger partial charge in [0.15, 0.2) is 0 Å². The molecule has 2 heterocycles. The topological polar surface area (TPSA) is 59.0 Å². The quantitative estimate of drug-likeness (QED) is 0.824. The van der Waals surface area contributed by atoms with Gasteiger partial charge in [0.25, 0.3) is 0 Å². The van der Waals surface area contributed by atoms with Gasteiger partial charge in [-0.1, -0.05) is 12.1 Å². The minimum absolute atomic E-state index is 0. The van der Waals surface area contributed by atoms with Crippen molar-refractivity contribution in [1.82, 2.24) is 20.4 Å². The summed E-state index contributed by atoms with van der Waals surface area (Å²) in [6.45, 7) is 6.05. The Morgan fingerprint density at radius 1 is 1.32 bits per heavy atom. The molecule has 2 unspecified atom stereocenters. The fourth-order valence-corrected chi connectivity index (χ4v) is 3.70. The lowest BCUT2D eigenvalue weighted by Gasteiger charge is -2.17. The monoisotopic (exact) mass is 402 g/mol. The van der Waals surface area contributed by atoms with E-state index < -0.39 is 0 Å². The van der Waals surface area contributed by atoms with E-state index >= 15 is 0 Å². The largest absolute Gasteiger partial charge is 0.348 e. The number of amides is 1. The number of nitrogens with one attached hydrogen (secondary N) is 2. The number of hydrogen-bond donors (Lipinski definition) is 2. The number of hydrogen-bond acceptors (Lipinski definition) is 4. The Bertz CT molecular complexity index is 699. The third-order valence-electron chi connectivity index (χ3n) is 4.04. The highest BCUT2D eigenvalue weighted by atomic mass is 35.5. The van der Waals surface area contributed by atoms with Crippen molar-refractivity contribution in [2.45, 2.75) is 32.9 Å². The Balaban J connectivity index is 0.00000156. The van der Waals surface area contributed by atoms with Gasteiger partial charge in [0, 0.05) is 17.3 Å². The third kappa shape index (κ3) is 5.14. The minimum Gasteiger partial charge on any atom is -0.348 e. The normalized spacial score (nSPS) is 17.3. The molecule has 1 fully saturated rings. The summed E-state index contributed by atoms with van der Waals surface area (Å²) in [5.41, 5.74) is 4.25. The average Bonchev–Trinajstić information content (AvgIpc) is 3.17. The number of carbonyl (C=O) groups is 1. The van der Waals surface area contributed by atoms with Gasteiger partial charge in [0.05, 0.1) is 23.5 Å². The number of thioether (sulfide) groups is 1. The number of rotatable bonds is 4. The molecule has 138 valence electrons. The smallest absolute Gasteiger partial charge is 0.238 e. The van der Waals surface area contributed by atoms with Crippen LogP contribution >= 0.6 is 36.6 Å². The van der Waals surface area contributed by atoms with E-state index in [2.05, 4.69) is 21.8 Å². The van der Waals surface area contributed by atoms with Crippen molar-refractivity contribution < 1.29 is 4.79 Å². The van der Waals surface area contributed by atoms with E-state index in [0.717, 1.165) is 34.3 Å². The highest BCUT2D eigenvalue weighted by molar-refractivity contribution is 7.99. The van der Waals surface area contributed by atoms with E-state index in [4.69, 9.17) is 0 Å². The second-order valence-corrected chi connectivity index (χ2v) is 6.96. The van der Waals surface area contributed by atoms with Crippen LogP contribution in [0.15, 0.2) is 30.3 Å². The van der Waals surface area contributed by atoms with Gasteiger partial charge >= 0.3 is 0 Å². The minimum atomic E-state index is -0.0728. The van der Waals surface area contributed by atoms with Crippen molar-refractivity contribution in [3.8, 4) is 5.69 Å². The second-order valence-electron chi connectivity index (χ2n) is 5.93. The SMILES string of the molecule is Cc1cc(C)n(-c2ccc(C(C)NC(=O)C3CSCN3)cc2)n1.Cl.Cl. The second kappa shape index (κ2) is 9.48. The summed E-state index contributed by atoms with van der Waals surface area (Å²) in [5.74, 6) is 1.77. The molecule has 1 saturated heterocycles. The molecule has 0 saturated carbocycles. The van der Waals surface area contributed by atoms with Gasteiger partial charge < -0.3 is 5.32 Å². The van der Waals surface area contributed by atoms with Crippen LogP contribution in [0.1, 0.15) is 29.9 Å². The van der Waals surface area contributed by atoms with Crippen molar-refractivity contribution in [3.63, 3.8) is 0 Å². The average molecular weight is 403 g/mol. The number of aryl methyl sites for hydroxylation is 2. The molecular weight excluding hydrogens is 379 g/mol. The Morgan fingerprint density at radius 3 is 2.52 bits per heavy atom. The molecule has 5 nitrogen and oxygen atoms in total. The summed E-state index contributed by atoms with van der Waals surface area (Å²) in [5, 5.41) is 10.8. The zero-order valence-corrected chi connectivity index (χ0v) is 16.9. The van der Waals surface area contributed by atoms with Crippen molar-refractivity contribution in [2.24, 2.45) is 0 Å². The van der Waals surface area contributed by atoms with Crippen molar-refractivity contribution in [3.05, 3.63) is 47.3 Å². The van der Waals surface area contributed by atoms with Gasteiger partial charge in [-0.25, -0.2) is 4.68 Å². The first-order valence-corrected chi connectivity index (χ1v) is 8.95. The zero-order chi connectivity index (χ0) is 16.4. The molecule has 0 aliphatic carbocycles. The van der Waals surface area contributed by atoms with E-state index in [1.165, 1.54) is 0 Å². The van der Waals surface area contributed by atoms with Gasteiger partial charge in [-0.3, -0.25) is 10.1 Å². The van der Waals surface area contributed by atoms with Crippen LogP contribution in [-0.4, -0.2) is 33.4 Å². The fourth-order valence-electron chi connectivity index (χ4n) is 2.76. The van der Waals surface area contributed by atoms with Crippen molar-refractivity contribution in [1.29, 1.82) is 0 Å². The molecule has 1 aromatic heterocycles. The van der Waals surface area contributed by atoms with E-state index in [0.29, 0.717) is 0 Å². The van der Waals surface area contributed by atoms with Crippen LogP contribution in [0.2, 0.25) is 0 Å². The highest BCUT2D eigenvalue weighted by Crippen LogP contribution is 2.18. The first-order chi connectivity index (χ1) is 11.0. The van der Waals surface area contributed by atoms with Crippen molar-refractivity contribution in [2.75, 3.05) is 11.6 Å². The molecule has 0 radical (unpaired) electrons. The molecule has 1 aliphatic heterocycles. The predicted octanol–water partition coefficient (Wildman–Crippen LogP) is 3.17. The molecule has 0 bridgehead atoms. The van der Waals surface area contributed by atoms with Crippen LogP contribution in [0.5, 0.6) is 0 Å².